The van der Waals surface area contributed by atoms with Crippen molar-refractivity contribution >= 4 is 11.9 Å². The van der Waals surface area contributed by atoms with Gasteiger partial charge in [0.2, 0.25) is 5.91 Å². The smallest absolute Gasteiger partial charge is 0.356 e. The molecule has 2 atom stereocenters. The molecule has 1 amide bonds. The Morgan fingerprint density at radius 3 is 2.65 bits per heavy atom. The van der Waals surface area contributed by atoms with E-state index in [1.54, 1.807) is 15.6 Å². The normalized spacial score (nSPS) is 18.3. The van der Waals surface area contributed by atoms with Crippen LogP contribution in [0.4, 0.5) is 0 Å². The molecule has 1 unspecified atom stereocenters. The predicted octanol–water partition coefficient (Wildman–Crippen LogP) is 2.12. The minimum atomic E-state index is -1.05. The Morgan fingerprint density at radius 1 is 1.30 bits per heavy atom. The fourth-order valence-corrected chi connectivity index (χ4v) is 2.95. The van der Waals surface area contributed by atoms with Gasteiger partial charge in [-0.2, -0.15) is 5.10 Å². The second kappa shape index (κ2) is 5.87. The van der Waals surface area contributed by atoms with Crippen LogP contribution >= 0.6 is 0 Å². The van der Waals surface area contributed by atoms with Gasteiger partial charge in [-0.25, -0.2) is 4.79 Å². The Bertz CT molecular complexity index is 739. The van der Waals surface area contributed by atoms with Crippen molar-refractivity contribution in [2.24, 2.45) is 0 Å². The number of nitrogens with zero attached hydrogens (tertiary/aromatic N) is 3. The molecular formula is C17H19N3O3. The zero-order valence-electron chi connectivity index (χ0n) is 13.1. The molecule has 0 radical (unpaired) electrons. The predicted molar refractivity (Wildman–Crippen MR) is 84.1 cm³/mol. The molecule has 120 valence electrons. The summed E-state index contributed by atoms with van der Waals surface area (Å²) in [5, 5.41) is 13.1. The first-order valence-corrected chi connectivity index (χ1v) is 7.63. The van der Waals surface area contributed by atoms with Crippen molar-refractivity contribution in [3.8, 4) is 0 Å². The van der Waals surface area contributed by atoms with Crippen LogP contribution in [-0.2, 0) is 17.9 Å². The molecule has 1 aromatic heterocycles. The summed E-state index contributed by atoms with van der Waals surface area (Å²) < 4.78 is 1.69. The second-order valence-electron chi connectivity index (χ2n) is 5.96. The van der Waals surface area contributed by atoms with Gasteiger partial charge >= 0.3 is 5.97 Å². The number of carbonyl (C=O) groups is 2. The highest BCUT2D eigenvalue weighted by Crippen LogP contribution is 2.24. The van der Waals surface area contributed by atoms with Gasteiger partial charge in [-0.05, 0) is 25.5 Å². The van der Waals surface area contributed by atoms with Gasteiger partial charge in [0.1, 0.15) is 0 Å². The van der Waals surface area contributed by atoms with Crippen molar-refractivity contribution < 1.29 is 14.7 Å². The largest absolute Gasteiger partial charge is 0.476 e. The Hall–Kier alpha value is -2.63. The average Bonchev–Trinajstić information content (AvgIpc) is 2.96. The molecule has 0 fully saturated rings. The summed E-state index contributed by atoms with van der Waals surface area (Å²) in [4.78, 5) is 25.7. The molecule has 1 aliphatic rings. The molecule has 6 nitrogen and oxygen atoms in total. The number of amides is 1. The molecule has 3 rings (SSSR count). The maximum absolute atomic E-state index is 12.8. The molecule has 1 aliphatic heterocycles. The minimum Gasteiger partial charge on any atom is -0.476 e. The molecule has 2 aromatic rings. The van der Waals surface area contributed by atoms with E-state index in [2.05, 4.69) is 5.10 Å². The van der Waals surface area contributed by atoms with Crippen LogP contribution in [0.1, 0.15) is 41.5 Å². The summed E-state index contributed by atoms with van der Waals surface area (Å²) >= 11 is 0. The van der Waals surface area contributed by atoms with Crippen molar-refractivity contribution in [3.05, 3.63) is 53.3 Å². The summed E-state index contributed by atoms with van der Waals surface area (Å²) in [5.74, 6) is -1.23. The highest BCUT2D eigenvalue weighted by molar-refractivity contribution is 5.86. The molecule has 2 heterocycles. The zero-order valence-corrected chi connectivity index (χ0v) is 13.1. The van der Waals surface area contributed by atoms with Crippen LogP contribution in [0.2, 0.25) is 0 Å². The van der Waals surface area contributed by atoms with Crippen LogP contribution in [0, 0.1) is 0 Å². The Labute approximate surface area is 134 Å². The van der Waals surface area contributed by atoms with Crippen molar-refractivity contribution in [3.63, 3.8) is 0 Å². The Balaban J connectivity index is 1.83. The highest BCUT2D eigenvalue weighted by Gasteiger charge is 2.31. The highest BCUT2D eigenvalue weighted by atomic mass is 16.4. The van der Waals surface area contributed by atoms with Gasteiger partial charge in [-0.1, -0.05) is 30.3 Å². The average molecular weight is 313 g/mol. The van der Waals surface area contributed by atoms with Crippen molar-refractivity contribution in [1.82, 2.24) is 14.7 Å². The molecule has 0 spiro atoms. The lowest BCUT2D eigenvalue weighted by Crippen LogP contribution is -2.46. The molecule has 1 N–H and O–H groups in total. The molecular weight excluding hydrogens is 294 g/mol. The number of fused-ring (bicyclic) bond motifs is 1. The zero-order chi connectivity index (χ0) is 16.6. The first kappa shape index (κ1) is 15.3. The Kier molecular flexibility index (Phi) is 3.90. The molecule has 1 aromatic carbocycles. The quantitative estimate of drug-likeness (QED) is 0.941. The summed E-state index contributed by atoms with van der Waals surface area (Å²) in [6, 6.07) is 11.2. The fraction of sp³-hybridized carbons (Fsp3) is 0.353. The SMILES string of the molecule is CC1Cn2nc(C(=O)O)cc2CN1C(=O)[C@@H](C)c1ccccc1. The number of hydrogen-bond donors (Lipinski definition) is 1. The van der Waals surface area contributed by atoms with E-state index >= 15 is 0 Å². The molecule has 6 heteroatoms. The van der Waals surface area contributed by atoms with Gasteiger partial charge in [0.05, 0.1) is 24.7 Å². The van der Waals surface area contributed by atoms with Crippen molar-refractivity contribution in [2.75, 3.05) is 0 Å². The third-order valence-corrected chi connectivity index (χ3v) is 4.34. The number of carboxylic acids is 1. The van der Waals surface area contributed by atoms with Crippen LogP contribution in [0.15, 0.2) is 36.4 Å². The third-order valence-electron chi connectivity index (χ3n) is 4.34. The second-order valence-corrected chi connectivity index (χ2v) is 5.96. The number of hydrogen-bond acceptors (Lipinski definition) is 3. The van der Waals surface area contributed by atoms with Gasteiger partial charge < -0.3 is 10.0 Å². The van der Waals surface area contributed by atoms with Gasteiger partial charge in [-0.3, -0.25) is 9.48 Å². The number of carbonyl (C=O) groups excluding carboxylic acids is 1. The van der Waals surface area contributed by atoms with Crippen molar-refractivity contribution in [2.45, 2.75) is 38.9 Å². The van der Waals surface area contributed by atoms with E-state index in [1.807, 2.05) is 44.2 Å². The fourth-order valence-electron chi connectivity index (χ4n) is 2.95. The van der Waals surface area contributed by atoms with Crippen LogP contribution in [-0.4, -0.2) is 37.7 Å². The van der Waals surface area contributed by atoms with E-state index in [0.717, 1.165) is 11.3 Å². The van der Waals surface area contributed by atoms with Crippen LogP contribution in [0.5, 0.6) is 0 Å². The monoisotopic (exact) mass is 313 g/mol. The number of rotatable bonds is 3. The number of aromatic nitrogens is 2. The maximum atomic E-state index is 12.8. The van der Waals surface area contributed by atoms with Crippen LogP contribution < -0.4 is 0 Å². The summed E-state index contributed by atoms with van der Waals surface area (Å²) in [6.07, 6.45) is 0. The maximum Gasteiger partial charge on any atom is 0.356 e. The standard InChI is InChI=1S/C17H19N3O3/c1-11-9-20-14(8-15(18-20)17(22)23)10-19(11)16(21)12(2)13-6-4-3-5-7-13/h3-8,11-12H,9-10H2,1-2H3,(H,22,23)/t11?,12-/m0/s1. The van der Waals surface area contributed by atoms with Crippen molar-refractivity contribution in [1.29, 1.82) is 0 Å². The number of carboxylic acid groups (broad SMARTS) is 1. The van der Waals surface area contributed by atoms with Crippen LogP contribution in [0.3, 0.4) is 0 Å². The van der Waals surface area contributed by atoms with Gasteiger partial charge in [0, 0.05) is 6.04 Å². The number of aromatic carboxylic acids is 1. The molecule has 0 bridgehead atoms. The lowest BCUT2D eigenvalue weighted by molar-refractivity contribution is -0.136. The first-order chi connectivity index (χ1) is 11.0. The lowest BCUT2D eigenvalue weighted by Gasteiger charge is -2.35. The lowest BCUT2D eigenvalue weighted by atomic mass is 9.98. The van der Waals surface area contributed by atoms with Gasteiger partial charge in [-0.15, -0.1) is 0 Å². The van der Waals surface area contributed by atoms with E-state index in [0.29, 0.717) is 13.1 Å². The van der Waals surface area contributed by atoms with Gasteiger partial charge in [0.15, 0.2) is 5.69 Å². The summed E-state index contributed by atoms with van der Waals surface area (Å²) in [6.45, 7) is 4.76. The summed E-state index contributed by atoms with van der Waals surface area (Å²) in [7, 11) is 0. The molecule has 0 saturated heterocycles. The third kappa shape index (κ3) is 2.84. The van der Waals surface area contributed by atoms with Crippen LogP contribution in [0.25, 0.3) is 0 Å². The topological polar surface area (TPSA) is 75.4 Å². The molecule has 0 aliphatic carbocycles. The van der Waals surface area contributed by atoms with E-state index in [4.69, 9.17) is 5.11 Å². The first-order valence-electron chi connectivity index (χ1n) is 7.63. The molecule has 23 heavy (non-hydrogen) atoms. The van der Waals surface area contributed by atoms with E-state index in [1.165, 1.54) is 0 Å². The minimum absolute atomic E-state index is 0.0253. The Morgan fingerprint density at radius 2 is 2.00 bits per heavy atom. The van der Waals surface area contributed by atoms with E-state index in [9.17, 15) is 9.59 Å². The van der Waals surface area contributed by atoms with E-state index in [-0.39, 0.29) is 23.6 Å². The molecule has 0 saturated carbocycles. The number of benzene rings is 1. The van der Waals surface area contributed by atoms with E-state index < -0.39 is 5.97 Å². The summed E-state index contributed by atoms with van der Waals surface area (Å²) in [5.41, 5.74) is 1.77. The van der Waals surface area contributed by atoms with Gasteiger partial charge in [0.25, 0.3) is 0 Å².